The molecule has 0 heterocycles. The van der Waals surface area contributed by atoms with Crippen molar-refractivity contribution in [1.82, 2.24) is 10.6 Å². The van der Waals surface area contributed by atoms with Crippen LogP contribution in [-0.2, 0) is 46.5 Å². The molecule has 14 heteroatoms. The van der Waals surface area contributed by atoms with Gasteiger partial charge in [0.1, 0.15) is 18.4 Å². The SMILES string of the molecule is CC(NC(=O)C(NC(=O)C(N)Cc1ccc(O)cc1)C(C)C)C(=O)C(N)(C(=O)O)C(C(=O)O)C(=O)OCc1ccccc1. The van der Waals surface area contributed by atoms with E-state index < -0.39 is 77.6 Å². The summed E-state index contributed by atoms with van der Waals surface area (Å²) in [7, 11) is 0. The third-order valence-corrected chi connectivity index (χ3v) is 6.65. The molecule has 0 spiro atoms. The first-order chi connectivity index (χ1) is 20.1. The van der Waals surface area contributed by atoms with Crippen molar-refractivity contribution in [3.8, 4) is 5.75 Å². The van der Waals surface area contributed by atoms with Gasteiger partial charge in [-0.1, -0.05) is 56.3 Å². The molecular weight excluding hydrogens is 564 g/mol. The number of amides is 2. The summed E-state index contributed by atoms with van der Waals surface area (Å²) in [6, 6.07) is 10.1. The van der Waals surface area contributed by atoms with Gasteiger partial charge in [-0.05, 0) is 42.5 Å². The summed E-state index contributed by atoms with van der Waals surface area (Å²) in [5.41, 5.74) is 9.61. The number of carboxylic acids is 2. The molecule has 0 aromatic heterocycles. The molecule has 0 aliphatic heterocycles. The summed E-state index contributed by atoms with van der Waals surface area (Å²) in [5.74, 6) is -12.0. The number of rotatable bonds is 15. The van der Waals surface area contributed by atoms with Crippen molar-refractivity contribution in [2.24, 2.45) is 23.3 Å². The number of Topliss-reactive ketones (excluding diaryl/α,β-unsaturated/α-hetero) is 1. The molecule has 2 amide bonds. The first-order valence-corrected chi connectivity index (χ1v) is 13.2. The van der Waals surface area contributed by atoms with E-state index in [0.29, 0.717) is 11.1 Å². The van der Waals surface area contributed by atoms with Gasteiger partial charge in [-0.3, -0.25) is 24.0 Å². The van der Waals surface area contributed by atoms with Gasteiger partial charge < -0.3 is 42.2 Å². The molecule has 0 saturated carbocycles. The van der Waals surface area contributed by atoms with E-state index in [0.717, 1.165) is 6.92 Å². The van der Waals surface area contributed by atoms with Gasteiger partial charge in [0.25, 0.3) is 0 Å². The van der Waals surface area contributed by atoms with Crippen LogP contribution < -0.4 is 22.1 Å². The third kappa shape index (κ3) is 8.83. The minimum atomic E-state index is -3.32. The van der Waals surface area contributed by atoms with E-state index in [4.69, 9.17) is 16.2 Å². The van der Waals surface area contributed by atoms with Crippen LogP contribution in [0.1, 0.15) is 31.9 Å². The number of carbonyl (C=O) groups is 6. The molecule has 0 fully saturated rings. The zero-order chi connectivity index (χ0) is 32.5. The van der Waals surface area contributed by atoms with Crippen LogP contribution in [0.2, 0.25) is 0 Å². The lowest BCUT2D eigenvalue weighted by Crippen LogP contribution is -2.69. The van der Waals surface area contributed by atoms with Crippen molar-refractivity contribution in [2.75, 3.05) is 0 Å². The van der Waals surface area contributed by atoms with E-state index in [2.05, 4.69) is 10.6 Å². The Balaban J connectivity index is 2.18. The van der Waals surface area contributed by atoms with Gasteiger partial charge in [-0.25, -0.2) is 4.79 Å². The smallest absolute Gasteiger partial charge is 0.333 e. The van der Waals surface area contributed by atoms with Gasteiger partial charge in [0.05, 0.1) is 12.1 Å². The zero-order valence-corrected chi connectivity index (χ0v) is 23.9. The molecular formula is C29H36N4O10. The predicted molar refractivity (Wildman–Crippen MR) is 151 cm³/mol. The van der Waals surface area contributed by atoms with Gasteiger partial charge in [-0.15, -0.1) is 0 Å². The van der Waals surface area contributed by atoms with Crippen molar-refractivity contribution >= 4 is 35.5 Å². The van der Waals surface area contributed by atoms with Crippen molar-refractivity contribution in [2.45, 2.75) is 57.5 Å². The highest BCUT2D eigenvalue weighted by atomic mass is 16.5. The van der Waals surface area contributed by atoms with Crippen molar-refractivity contribution < 1.29 is 48.8 Å². The van der Waals surface area contributed by atoms with E-state index in [1.165, 1.54) is 12.1 Å². The Morgan fingerprint density at radius 3 is 1.95 bits per heavy atom. The maximum atomic E-state index is 13.3. The molecule has 43 heavy (non-hydrogen) atoms. The number of phenolic OH excluding ortho intramolecular Hbond substituents is 1. The van der Waals surface area contributed by atoms with Crippen molar-refractivity contribution in [3.05, 3.63) is 65.7 Å². The number of ketones is 1. The quantitative estimate of drug-likeness (QED) is 0.103. The number of ether oxygens (including phenoxy) is 1. The largest absolute Gasteiger partial charge is 0.508 e. The van der Waals surface area contributed by atoms with E-state index in [9.17, 15) is 44.1 Å². The summed E-state index contributed by atoms with van der Waals surface area (Å²) in [6.45, 7) is 3.84. The monoisotopic (exact) mass is 600 g/mol. The molecule has 0 radical (unpaired) electrons. The highest BCUT2D eigenvalue weighted by molar-refractivity contribution is 6.18. The predicted octanol–water partition coefficient (Wildman–Crippen LogP) is -0.297. The molecule has 2 aromatic rings. The van der Waals surface area contributed by atoms with Crippen LogP contribution in [0.15, 0.2) is 54.6 Å². The fraction of sp³-hybridized carbons (Fsp3) is 0.379. The number of carboxylic acid groups (broad SMARTS) is 2. The average molecular weight is 601 g/mol. The highest BCUT2D eigenvalue weighted by Gasteiger charge is 2.58. The number of hydrogen-bond donors (Lipinski definition) is 7. The minimum absolute atomic E-state index is 0.0325. The number of nitrogens with two attached hydrogens (primary N) is 2. The fourth-order valence-corrected chi connectivity index (χ4v) is 4.17. The molecule has 0 aliphatic rings. The summed E-state index contributed by atoms with van der Waals surface area (Å²) in [6.07, 6.45) is 0.0820. The van der Waals surface area contributed by atoms with E-state index in [-0.39, 0.29) is 12.2 Å². The highest BCUT2D eigenvalue weighted by Crippen LogP contribution is 2.22. The second-order valence-electron chi connectivity index (χ2n) is 10.3. The number of aromatic hydroxyl groups is 1. The number of aliphatic carboxylic acids is 2. The van der Waals surface area contributed by atoms with Crippen LogP contribution in [0.5, 0.6) is 5.75 Å². The maximum absolute atomic E-state index is 13.3. The van der Waals surface area contributed by atoms with Gasteiger partial charge in [0, 0.05) is 0 Å². The first-order valence-electron chi connectivity index (χ1n) is 13.2. The van der Waals surface area contributed by atoms with Crippen molar-refractivity contribution in [3.63, 3.8) is 0 Å². The number of carbonyl (C=O) groups excluding carboxylic acids is 4. The maximum Gasteiger partial charge on any atom is 0.333 e. The van der Waals surface area contributed by atoms with Crippen LogP contribution in [0.3, 0.4) is 0 Å². The lowest BCUT2D eigenvalue weighted by atomic mass is 9.78. The summed E-state index contributed by atoms with van der Waals surface area (Å²) in [4.78, 5) is 76.1. The third-order valence-electron chi connectivity index (χ3n) is 6.65. The number of benzene rings is 2. The van der Waals surface area contributed by atoms with E-state index >= 15 is 0 Å². The Kier molecular flexibility index (Phi) is 11.9. The molecule has 5 atom stereocenters. The lowest BCUT2D eigenvalue weighted by Gasteiger charge is -2.31. The average Bonchev–Trinajstić information content (AvgIpc) is 2.95. The normalized spacial score (nSPS) is 15.2. The fourth-order valence-electron chi connectivity index (χ4n) is 4.17. The van der Waals surface area contributed by atoms with Crippen LogP contribution in [0.4, 0.5) is 0 Å². The van der Waals surface area contributed by atoms with Gasteiger partial charge in [-0.2, -0.15) is 0 Å². The van der Waals surface area contributed by atoms with Gasteiger partial charge in [0.15, 0.2) is 17.2 Å². The van der Waals surface area contributed by atoms with Crippen LogP contribution in [0, 0.1) is 11.8 Å². The molecule has 5 unspecified atom stereocenters. The molecule has 2 rings (SSSR count). The zero-order valence-electron chi connectivity index (χ0n) is 23.9. The topological polar surface area (TPSA) is 248 Å². The lowest BCUT2D eigenvalue weighted by molar-refractivity contribution is -0.172. The van der Waals surface area contributed by atoms with E-state index in [1.54, 1.807) is 56.3 Å². The number of hydrogen-bond acceptors (Lipinski definition) is 10. The number of phenols is 1. The van der Waals surface area contributed by atoms with Crippen LogP contribution in [-0.4, -0.2) is 74.5 Å². The first kappa shape index (κ1) is 34.4. The number of nitrogens with one attached hydrogen (secondary N) is 2. The molecule has 0 saturated heterocycles. The molecule has 2 aromatic carbocycles. The van der Waals surface area contributed by atoms with Gasteiger partial charge in [0.2, 0.25) is 11.8 Å². The van der Waals surface area contributed by atoms with Crippen LogP contribution >= 0.6 is 0 Å². The molecule has 232 valence electrons. The van der Waals surface area contributed by atoms with Gasteiger partial charge >= 0.3 is 17.9 Å². The Morgan fingerprint density at radius 2 is 1.44 bits per heavy atom. The minimum Gasteiger partial charge on any atom is -0.508 e. The van der Waals surface area contributed by atoms with E-state index in [1.807, 2.05) is 0 Å². The standard InChI is InChI=1S/C29H36N4O10/c1-15(2)22(33-24(36)20(30)13-17-9-11-19(34)12-10-17)25(37)32-16(3)23(35)29(31,28(41)42)21(26(38)39)27(40)43-14-18-7-5-4-6-8-18/h4-12,15-16,20-22,34H,13-14,30-31H2,1-3H3,(H,32,37)(H,33,36)(H,38,39)(H,41,42). The second-order valence-corrected chi connectivity index (χ2v) is 10.3. The summed E-state index contributed by atoms with van der Waals surface area (Å²) < 4.78 is 4.97. The molecule has 14 nitrogen and oxygen atoms in total. The molecule has 0 aliphatic carbocycles. The number of esters is 1. The van der Waals surface area contributed by atoms with Crippen molar-refractivity contribution in [1.29, 1.82) is 0 Å². The molecule has 9 N–H and O–H groups in total. The summed E-state index contributed by atoms with van der Waals surface area (Å²) in [5, 5.41) is 33.7. The Morgan fingerprint density at radius 1 is 0.860 bits per heavy atom. The Hall–Kier alpha value is -4.82. The van der Waals surface area contributed by atoms with Crippen LogP contribution in [0.25, 0.3) is 0 Å². The second kappa shape index (κ2) is 14.9. The molecule has 0 bridgehead atoms. The Bertz CT molecular complexity index is 1330. The summed E-state index contributed by atoms with van der Waals surface area (Å²) >= 11 is 0. The Labute approximate surface area is 247 Å².